The van der Waals surface area contributed by atoms with Crippen LogP contribution < -0.4 is 4.74 Å². The Morgan fingerprint density at radius 1 is 1.21 bits per heavy atom. The Bertz CT molecular complexity index is 1190. The Morgan fingerprint density at radius 3 is 2.71 bits per heavy atom. The van der Waals surface area contributed by atoms with Crippen LogP contribution in [0.2, 0.25) is 5.02 Å². The molecule has 4 heterocycles. The van der Waals surface area contributed by atoms with Crippen LogP contribution in [0, 0.1) is 0 Å². The van der Waals surface area contributed by atoms with E-state index in [9.17, 15) is 18.0 Å². The minimum absolute atomic E-state index is 0.0482. The highest BCUT2D eigenvalue weighted by Gasteiger charge is 2.41. The molecule has 34 heavy (non-hydrogen) atoms. The van der Waals surface area contributed by atoms with Crippen LogP contribution in [-0.2, 0) is 19.4 Å². The van der Waals surface area contributed by atoms with Crippen LogP contribution in [0.4, 0.5) is 0 Å². The van der Waals surface area contributed by atoms with E-state index in [-0.39, 0.29) is 41.5 Å². The van der Waals surface area contributed by atoms with Gasteiger partial charge in [0.25, 0.3) is 5.91 Å². The number of carbonyl (C=O) groups excluding carboxylic acids is 2. The largest absolute Gasteiger partial charge is 0.487 e. The fraction of sp³-hybridized carbons (Fsp3) is 0.478. The molecule has 0 aliphatic carbocycles. The highest BCUT2D eigenvalue weighted by Crippen LogP contribution is 2.32. The third-order valence-electron chi connectivity index (χ3n) is 6.78. The molecule has 9 nitrogen and oxygen atoms in total. The van der Waals surface area contributed by atoms with Gasteiger partial charge in [-0.1, -0.05) is 11.6 Å². The van der Waals surface area contributed by atoms with Gasteiger partial charge in [-0.3, -0.25) is 9.59 Å². The molecular formula is C23H27ClN4O5S. The van der Waals surface area contributed by atoms with Gasteiger partial charge in [-0.05, 0) is 37.1 Å². The number of nitrogens with zero attached hydrogens (tertiary/aromatic N) is 4. The minimum Gasteiger partial charge on any atom is -0.487 e. The van der Waals surface area contributed by atoms with E-state index in [1.165, 1.54) is 0 Å². The lowest BCUT2D eigenvalue weighted by Crippen LogP contribution is -2.48. The normalized spacial score (nSPS) is 20.7. The highest BCUT2D eigenvalue weighted by atomic mass is 35.5. The Labute approximate surface area is 204 Å². The van der Waals surface area contributed by atoms with Gasteiger partial charge in [-0.15, -0.1) is 0 Å². The van der Waals surface area contributed by atoms with Crippen molar-refractivity contribution in [2.45, 2.75) is 25.3 Å². The van der Waals surface area contributed by atoms with E-state index in [1.54, 1.807) is 29.2 Å². The summed E-state index contributed by atoms with van der Waals surface area (Å²) in [5.41, 5.74) is 1.39. The Morgan fingerprint density at radius 2 is 1.97 bits per heavy atom. The van der Waals surface area contributed by atoms with E-state index >= 15 is 0 Å². The zero-order chi connectivity index (χ0) is 24.0. The van der Waals surface area contributed by atoms with Crippen LogP contribution >= 0.6 is 11.6 Å². The molecule has 1 aromatic rings. The van der Waals surface area contributed by atoms with Crippen molar-refractivity contribution in [1.82, 2.24) is 19.6 Å². The molecule has 0 saturated carbocycles. The van der Waals surface area contributed by atoms with Crippen LogP contribution in [0.1, 0.15) is 24.8 Å². The number of amides is 2. The molecule has 0 unspecified atom stereocenters. The van der Waals surface area contributed by atoms with Crippen molar-refractivity contribution in [3.05, 3.63) is 45.6 Å². The van der Waals surface area contributed by atoms with Gasteiger partial charge in [-0.2, -0.15) is 0 Å². The Balaban J connectivity index is 1.14. The lowest BCUT2D eigenvalue weighted by molar-refractivity contribution is -0.133. The number of benzene rings is 1. The first kappa shape index (κ1) is 23.0. The monoisotopic (exact) mass is 506 g/mol. The molecule has 5 rings (SSSR count). The second-order valence-corrected chi connectivity index (χ2v) is 11.7. The maximum Gasteiger partial charge on any atom is 0.273 e. The Kier molecular flexibility index (Phi) is 5.97. The van der Waals surface area contributed by atoms with Gasteiger partial charge in [0.2, 0.25) is 5.91 Å². The molecule has 182 valence electrons. The van der Waals surface area contributed by atoms with Gasteiger partial charge < -0.3 is 24.3 Å². The summed E-state index contributed by atoms with van der Waals surface area (Å²) in [5, 5.41) is 0.520. The van der Waals surface area contributed by atoms with Crippen LogP contribution in [-0.4, -0.2) is 91.7 Å². The number of ether oxygens (including phenoxy) is 1. The van der Waals surface area contributed by atoms with Crippen molar-refractivity contribution in [1.29, 1.82) is 0 Å². The standard InChI is InChI=1S/C23H27ClN4O5S/c1-25-12-20-23(30)28(15-27(20)14-25)18-4-7-26(8-5-18)22(29)6-9-34(31,32)19-10-16-2-3-17(24)11-21(16)33-13-19/h2-3,10-12,18H,4-9,13-15H2,1H3. The predicted molar refractivity (Wildman–Crippen MR) is 127 cm³/mol. The number of piperidine rings is 1. The molecule has 4 aliphatic heterocycles. The Hall–Kier alpha value is -2.72. The first-order valence-electron chi connectivity index (χ1n) is 11.3. The molecule has 0 atom stereocenters. The van der Waals surface area contributed by atoms with E-state index in [4.69, 9.17) is 16.3 Å². The number of carbonyl (C=O) groups is 2. The third-order valence-corrected chi connectivity index (χ3v) is 8.80. The van der Waals surface area contributed by atoms with Gasteiger partial charge in [0.1, 0.15) is 18.1 Å². The van der Waals surface area contributed by atoms with E-state index in [0.717, 1.165) is 5.70 Å². The maximum absolute atomic E-state index is 12.8. The highest BCUT2D eigenvalue weighted by molar-refractivity contribution is 7.95. The van der Waals surface area contributed by atoms with Crippen LogP contribution in [0.15, 0.2) is 35.0 Å². The molecule has 11 heteroatoms. The average Bonchev–Trinajstić information content (AvgIpc) is 3.34. The van der Waals surface area contributed by atoms with Crippen LogP contribution in [0.3, 0.4) is 0 Å². The lowest BCUT2D eigenvalue weighted by atomic mass is 10.0. The predicted octanol–water partition coefficient (Wildman–Crippen LogP) is 1.72. The number of fused-ring (bicyclic) bond motifs is 2. The fourth-order valence-corrected chi connectivity index (χ4v) is 6.31. The summed E-state index contributed by atoms with van der Waals surface area (Å²) in [5.74, 6) is 0.160. The van der Waals surface area contributed by atoms with Gasteiger partial charge in [0.15, 0.2) is 9.84 Å². The minimum atomic E-state index is -3.63. The van der Waals surface area contributed by atoms with E-state index < -0.39 is 9.84 Å². The molecule has 2 fully saturated rings. The molecule has 0 N–H and O–H groups in total. The summed E-state index contributed by atoms with van der Waals surface area (Å²) in [6.07, 6.45) is 4.78. The molecule has 2 saturated heterocycles. The lowest BCUT2D eigenvalue weighted by Gasteiger charge is -2.36. The zero-order valence-electron chi connectivity index (χ0n) is 18.9. The first-order chi connectivity index (χ1) is 16.2. The molecule has 0 bridgehead atoms. The van der Waals surface area contributed by atoms with Crippen molar-refractivity contribution < 1.29 is 22.7 Å². The summed E-state index contributed by atoms with van der Waals surface area (Å²) < 4.78 is 31.2. The number of sulfone groups is 1. The summed E-state index contributed by atoms with van der Waals surface area (Å²) in [7, 11) is -1.68. The number of hydrogen-bond acceptors (Lipinski definition) is 7. The van der Waals surface area contributed by atoms with E-state index in [2.05, 4.69) is 4.90 Å². The molecule has 4 aliphatic rings. The van der Waals surface area contributed by atoms with Crippen molar-refractivity contribution in [2.75, 3.05) is 45.8 Å². The van der Waals surface area contributed by atoms with Crippen molar-refractivity contribution >= 4 is 39.3 Å². The second-order valence-electron chi connectivity index (χ2n) is 9.13. The third kappa shape index (κ3) is 4.36. The number of hydrogen-bond donors (Lipinski definition) is 0. The summed E-state index contributed by atoms with van der Waals surface area (Å²) in [6, 6.07) is 5.14. The van der Waals surface area contributed by atoms with Crippen molar-refractivity contribution in [2.24, 2.45) is 0 Å². The van der Waals surface area contributed by atoms with Crippen molar-refractivity contribution in [3.63, 3.8) is 0 Å². The molecule has 0 radical (unpaired) electrons. The van der Waals surface area contributed by atoms with Gasteiger partial charge in [-0.25, -0.2) is 8.42 Å². The van der Waals surface area contributed by atoms with Crippen LogP contribution in [0.25, 0.3) is 6.08 Å². The number of rotatable bonds is 5. The summed E-state index contributed by atoms with van der Waals surface area (Å²) in [6.45, 7) is 2.27. The first-order valence-corrected chi connectivity index (χ1v) is 13.4. The zero-order valence-corrected chi connectivity index (χ0v) is 20.5. The van der Waals surface area contributed by atoms with Gasteiger partial charge in [0.05, 0.1) is 24.0 Å². The quantitative estimate of drug-likeness (QED) is 0.600. The molecular weight excluding hydrogens is 480 g/mol. The fourth-order valence-electron chi connectivity index (χ4n) is 4.90. The molecule has 1 aromatic carbocycles. The van der Waals surface area contributed by atoms with Crippen LogP contribution in [0.5, 0.6) is 5.75 Å². The maximum atomic E-state index is 12.8. The number of likely N-dealkylation sites (tertiary alicyclic amines) is 1. The van der Waals surface area contributed by atoms with E-state index in [1.807, 2.05) is 23.0 Å². The van der Waals surface area contributed by atoms with Crippen molar-refractivity contribution in [3.8, 4) is 5.75 Å². The second kappa shape index (κ2) is 8.81. The van der Waals surface area contributed by atoms with E-state index in [0.29, 0.717) is 55.6 Å². The number of halogens is 1. The molecule has 2 amide bonds. The van der Waals surface area contributed by atoms with Gasteiger partial charge >= 0.3 is 0 Å². The topological polar surface area (TPSA) is 90.5 Å². The van der Waals surface area contributed by atoms with Gasteiger partial charge in [0, 0.05) is 49.4 Å². The average molecular weight is 507 g/mol. The molecule has 0 spiro atoms. The smallest absolute Gasteiger partial charge is 0.273 e. The SMILES string of the molecule is CN1C=C2C(=O)N(C3CCN(C(=O)CCS(=O)(=O)C4=Cc5ccc(Cl)cc5OC4)CC3)CN2C1. The summed E-state index contributed by atoms with van der Waals surface area (Å²) >= 11 is 5.96. The molecule has 0 aromatic heterocycles. The summed E-state index contributed by atoms with van der Waals surface area (Å²) in [4.78, 5) is 33.3.